The summed E-state index contributed by atoms with van der Waals surface area (Å²) in [7, 11) is 4.06. The van der Waals surface area contributed by atoms with E-state index < -0.39 is 11.3 Å². The zero-order valence-electron chi connectivity index (χ0n) is 20.8. The molecule has 1 aliphatic rings. The van der Waals surface area contributed by atoms with E-state index in [1.807, 2.05) is 23.6 Å². The van der Waals surface area contributed by atoms with E-state index in [0.29, 0.717) is 31.5 Å². The molecule has 0 aromatic carbocycles. The molecule has 0 radical (unpaired) electrons. The van der Waals surface area contributed by atoms with Crippen molar-refractivity contribution in [3.63, 3.8) is 0 Å². The van der Waals surface area contributed by atoms with Gasteiger partial charge < -0.3 is 19.7 Å². The van der Waals surface area contributed by atoms with Crippen LogP contribution in [0.1, 0.15) is 80.5 Å². The largest absolute Gasteiger partial charge is 0.352 e. The van der Waals surface area contributed by atoms with E-state index in [-0.39, 0.29) is 23.1 Å². The summed E-state index contributed by atoms with van der Waals surface area (Å²) in [5, 5.41) is 2.86. The molecule has 1 saturated heterocycles. The van der Waals surface area contributed by atoms with Gasteiger partial charge in [-0.05, 0) is 64.6 Å². The molecule has 1 aliphatic heterocycles. The van der Waals surface area contributed by atoms with Gasteiger partial charge in [0.05, 0.1) is 0 Å². The molecule has 0 bridgehead atoms. The molecule has 32 heavy (non-hydrogen) atoms. The quantitative estimate of drug-likeness (QED) is 0.599. The van der Waals surface area contributed by atoms with Crippen molar-refractivity contribution in [3.05, 3.63) is 33.7 Å². The average Bonchev–Trinajstić information content (AvgIpc) is 2.72. The van der Waals surface area contributed by atoms with Crippen molar-refractivity contribution in [3.8, 4) is 0 Å². The van der Waals surface area contributed by atoms with Crippen molar-refractivity contribution < 1.29 is 9.59 Å². The lowest BCUT2D eigenvalue weighted by molar-refractivity contribution is 0.0589. The Morgan fingerprint density at radius 3 is 2.41 bits per heavy atom. The second kappa shape index (κ2) is 12.2. The molecule has 7 nitrogen and oxygen atoms in total. The number of hydrogen-bond donors (Lipinski definition) is 1. The summed E-state index contributed by atoms with van der Waals surface area (Å²) in [6.45, 7) is 11.0. The van der Waals surface area contributed by atoms with Gasteiger partial charge in [0.15, 0.2) is 0 Å². The monoisotopic (exact) mass is 446 g/mol. The molecule has 2 amide bonds. The number of likely N-dealkylation sites (tertiary alicyclic amines) is 1. The molecule has 7 heteroatoms. The normalized spacial score (nSPS) is 16.8. The maximum absolute atomic E-state index is 13.6. The molecule has 1 fully saturated rings. The molecular weight excluding hydrogens is 404 g/mol. The fourth-order valence-corrected chi connectivity index (χ4v) is 4.17. The lowest BCUT2D eigenvalue weighted by atomic mass is 9.97. The van der Waals surface area contributed by atoms with Crippen LogP contribution in [0.2, 0.25) is 0 Å². The zero-order valence-corrected chi connectivity index (χ0v) is 20.8. The van der Waals surface area contributed by atoms with Gasteiger partial charge in [-0.2, -0.15) is 0 Å². The zero-order chi connectivity index (χ0) is 23.8. The highest BCUT2D eigenvalue weighted by Crippen LogP contribution is 2.22. The van der Waals surface area contributed by atoms with E-state index in [9.17, 15) is 14.4 Å². The summed E-state index contributed by atoms with van der Waals surface area (Å²) in [5.41, 5.74) is -0.296. The maximum atomic E-state index is 13.6. The highest BCUT2D eigenvalue weighted by atomic mass is 16.2. The third kappa shape index (κ3) is 7.47. The number of nitrogens with one attached hydrogen (secondary N) is 1. The number of carbonyl (C=O) groups excluding carboxylic acids is 2. The van der Waals surface area contributed by atoms with Gasteiger partial charge in [-0.3, -0.25) is 14.4 Å². The van der Waals surface area contributed by atoms with Gasteiger partial charge >= 0.3 is 0 Å². The van der Waals surface area contributed by atoms with Crippen molar-refractivity contribution in [2.75, 3.05) is 33.7 Å². The first-order chi connectivity index (χ1) is 15.1. The molecule has 2 rings (SSSR count). The standard InChI is InChI=1S/C25H42N4O3/c1-18(2)10-12-26-24(31)21-16-28(15-19(3)4)17-22(23(21)30)25(32)29-13-8-7-9-20(29)11-14-27(5)6/h16-20H,7-15H2,1-6H3,(H,26,31)/t20-/m0/s1. The number of amides is 2. The Morgan fingerprint density at radius 2 is 1.78 bits per heavy atom. The Labute approximate surface area is 193 Å². The van der Waals surface area contributed by atoms with Crippen LogP contribution in [0.25, 0.3) is 0 Å². The molecule has 0 unspecified atom stereocenters. The summed E-state index contributed by atoms with van der Waals surface area (Å²) in [6, 6.07) is 0.125. The van der Waals surface area contributed by atoms with Crippen molar-refractivity contribution in [2.24, 2.45) is 11.8 Å². The number of rotatable bonds is 10. The number of piperidine rings is 1. The summed E-state index contributed by atoms with van der Waals surface area (Å²) in [6.07, 6.45) is 7.96. The molecule has 0 saturated carbocycles. The molecule has 1 aromatic rings. The van der Waals surface area contributed by atoms with Gasteiger partial charge in [0, 0.05) is 38.1 Å². The second-order valence-corrected chi connectivity index (χ2v) is 10.2. The van der Waals surface area contributed by atoms with E-state index in [1.165, 1.54) is 0 Å². The molecule has 1 N–H and O–H groups in total. The van der Waals surface area contributed by atoms with Gasteiger partial charge in [0.1, 0.15) is 11.1 Å². The fraction of sp³-hybridized carbons (Fsp3) is 0.720. The third-order valence-electron chi connectivity index (χ3n) is 5.93. The van der Waals surface area contributed by atoms with Crippen LogP contribution < -0.4 is 10.7 Å². The molecule has 0 spiro atoms. The van der Waals surface area contributed by atoms with Crippen LogP contribution in [-0.2, 0) is 6.54 Å². The van der Waals surface area contributed by atoms with E-state index in [0.717, 1.165) is 38.6 Å². The SMILES string of the molecule is CC(C)CCNC(=O)c1cn(CC(C)C)cc(C(=O)N2CCCC[C@H]2CCN(C)C)c1=O. The minimum atomic E-state index is -0.464. The summed E-state index contributed by atoms with van der Waals surface area (Å²) in [5.74, 6) is 0.137. The Balaban J connectivity index is 2.36. The Kier molecular flexibility index (Phi) is 9.94. The average molecular weight is 447 g/mol. The number of hydrogen-bond acceptors (Lipinski definition) is 4. The first-order valence-corrected chi connectivity index (χ1v) is 12.1. The van der Waals surface area contributed by atoms with Crippen LogP contribution in [0.4, 0.5) is 0 Å². The molecular formula is C25H42N4O3. The van der Waals surface area contributed by atoms with Crippen LogP contribution >= 0.6 is 0 Å². The predicted octanol–water partition coefficient (Wildman–Crippen LogP) is 3.23. The first-order valence-electron chi connectivity index (χ1n) is 12.1. The number of pyridine rings is 1. The Hall–Kier alpha value is -2.15. The van der Waals surface area contributed by atoms with E-state index >= 15 is 0 Å². The maximum Gasteiger partial charge on any atom is 0.259 e. The summed E-state index contributed by atoms with van der Waals surface area (Å²) in [4.78, 5) is 43.6. The Morgan fingerprint density at radius 1 is 1.09 bits per heavy atom. The van der Waals surface area contributed by atoms with E-state index in [1.54, 1.807) is 12.4 Å². The van der Waals surface area contributed by atoms with E-state index in [4.69, 9.17) is 0 Å². The molecule has 1 aromatic heterocycles. The minimum Gasteiger partial charge on any atom is -0.352 e. The van der Waals surface area contributed by atoms with Crippen molar-refractivity contribution >= 4 is 11.8 Å². The van der Waals surface area contributed by atoms with Crippen molar-refractivity contribution in [1.29, 1.82) is 0 Å². The molecule has 1 atom stereocenters. The third-order valence-corrected chi connectivity index (χ3v) is 5.93. The van der Waals surface area contributed by atoms with Crippen LogP contribution in [-0.4, -0.2) is 66.0 Å². The smallest absolute Gasteiger partial charge is 0.259 e. The summed E-state index contributed by atoms with van der Waals surface area (Å²) < 4.78 is 1.83. The van der Waals surface area contributed by atoms with Crippen LogP contribution in [0.3, 0.4) is 0 Å². The van der Waals surface area contributed by atoms with Crippen molar-refractivity contribution in [2.45, 2.75) is 72.4 Å². The van der Waals surface area contributed by atoms with Crippen LogP contribution in [0.5, 0.6) is 0 Å². The first kappa shape index (κ1) is 26.1. The molecule has 180 valence electrons. The summed E-state index contributed by atoms with van der Waals surface area (Å²) >= 11 is 0. The van der Waals surface area contributed by atoms with Gasteiger partial charge in [-0.25, -0.2) is 0 Å². The number of aromatic nitrogens is 1. The fourth-order valence-electron chi connectivity index (χ4n) is 4.17. The predicted molar refractivity (Wildman–Crippen MR) is 129 cm³/mol. The molecule has 0 aliphatic carbocycles. The number of nitrogens with zero attached hydrogens (tertiary/aromatic N) is 3. The van der Waals surface area contributed by atoms with Crippen LogP contribution in [0.15, 0.2) is 17.2 Å². The highest BCUT2D eigenvalue weighted by Gasteiger charge is 2.30. The minimum absolute atomic E-state index is 0.0575. The Bertz CT molecular complexity index is 829. The van der Waals surface area contributed by atoms with E-state index in [2.05, 4.69) is 37.9 Å². The molecule has 2 heterocycles. The lowest BCUT2D eigenvalue weighted by Gasteiger charge is -2.36. The van der Waals surface area contributed by atoms with Gasteiger partial charge in [-0.15, -0.1) is 0 Å². The number of carbonyl (C=O) groups is 2. The van der Waals surface area contributed by atoms with Gasteiger partial charge in [0.25, 0.3) is 11.8 Å². The van der Waals surface area contributed by atoms with Gasteiger partial charge in [-0.1, -0.05) is 27.7 Å². The van der Waals surface area contributed by atoms with Crippen LogP contribution in [0, 0.1) is 11.8 Å². The topological polar surface area (TPSA) is 74.7 Å². The lowest BCUT2D eigenvalue weighted by Crippen LogP contribution is -2.47. The van der Waals surface area contributed by atoms with Gasteiger partial charge in [0.2, 0.25) is 5.43 Å². The second-order valence-electron chi connectivity index (χ2n) is 10.2. The highest BCUT2D eigenvalue weighted by molar-refractivity contribution is 5.99. The van der Waals surface area contributed by atoms with Crippen molar-refractivity contribution in [1.82, 2.24) is 19.7 Å².